The lowest BCUT2D eigenvalue weighted by molar-refractivity contribution is -0.148. The largest absolute Gasteiger partial charge is 0.462 e. The lowest BCUT2D eigenvalue weighted by Crippen LogP contribution is -2.23. The summed E-state index contributed by atoms with van der Waals surface area (Å²) in [4.78, 5) is 12.5. The molecule has 0 N–H and O–H groups in total. The molecule has 0 unspecified atom stereocenters. The molecule has 0 atom stereocenters. The molecule has 0 spiro atoms. The Balaban J connectivity index is 2.10. The van der Waals surface area contributed by atoms with E-state index in [1.807, 2.05) is 62.4 Å². The van der Waals surface area contributed by atoms with Crippen molar-refractivity contribution in [1.29, 1.82) is 0 Å². The lowest BCUT2D eigenvalue weighted by atomic mass is 9.88. The molecular formula is C17H16O3. The first-order valence-corrected chi connectivity index (χ1v) is 6.73. The number of ether oxygens (including phenoxy) is 2. The van der Waals surface area contributed by atoms with Gasteiger partial charge in [0.2, 0.25) is 0 Å². The molecule has 0 aliphatic carbocycles. The number of rotatable bonds is 2. The minimum absolute atomic E-state index is 0.135. The number of fused-ring (bicyclic) bond motifs is 2. The fourth-order valence-electron chi connectivity index (χ4n) is 2.46. The number of hydrogen-bond acceptors (Lipinski definition) is 3. The molecule has 1 aliphatic heterocycles. The molecule has 2 aromatic rings. The molecule has 2 aromatic carbocycles. The highest BCUT2D eigenvalue weighted by atomic mass is 16.5. The highest BCUT2D eigenvalue weighted by Crippen LogP contribution is 2.44. The Bertz CT molecular complexity index is 601. The van der Waals surface area contributed by atoms with Crippen LogP contribution in [0.15, 0.2) is 48.5 Å². The average Bonchev–Trinajstić information content (AvgIpc) is 2.43. The Kier molecular flexibility index (Phi) is 3.18. The quantitative estimate of drug-likeness (QED) is 0.775. The van der Waals surface area contributed by atoms with Crippen molar-refractivity contribution in [3.05, 3.63) is 59.7 Å². The van der Waals surface area contributed by atoms with Crippen LogP contribution in [0, 0.1) is 0 Å². The van der Waals surface area contributed by atoms with Crippen molar-refractivity contribution in [3.8, 4) is 11.5 Å². The maximum atomic E-state index is 12.5. The van der Waals surface area contributed by atoms with Gasteiger partial charge in [-0.1, -0.05) is 36.4 Å². The van der Waals surface area contributed by atoms with Gasteiger partial charge in [-0.15, -0.1) is 0 Å². The topological polar surface area (TPSA) is 35.5 Å². The van der Waals surface area contributed by atoms with Crippen molar-refractivity contribution in [2.75, 3.05) is 0 Å². The fraction of sp³-hybridized carbons (Fsp3) is 0.235. The van der Waals surface area contributed by atoms with Crippen LogP contribution in [-0.4, -0.2) is 12.1 Å². The summed E-state index contributed by atoms with van der Waals surface area (Å²) in [7, 11) is 0. The second-order valence-electron chi connectivity index (χ2n) is 5.10. The first-order valence-electron chi connectivity index (χ1n) is 6.73. The van der Waals surface area contributed by atoms with Gasteiger partial charge in [0, 0.05) is 11.1 Å². The first-order chi connectivity index (χ1) is 9.66. The molecule has 3 nitrogen and oxygen atoms in total. The second kappa shape index (κ2) is 5.00. The second-order valence-corrected chi connectivity index (χ2v) is 5.10. The number of carbonyl (C=O) groups excluding carboxylic acids is 1. The molecule has 1 aliphatic rings. The average molecular weight is 268 g/mol. The molecule has 0 amide bonds. The van der Waals surface area contributed by atoms with Crippen LogP contribution in [0.3, 0.4) is 0 Å². The van der Waals surface area contributed by atoms with Gasteiger partial charge in [-0.2, -0.15) is 0 Å². The third kappa shape index (κ3) is 2.16. The van der Waals surface area contributed by atoms with Crippen molar-refractivity contribution in [2.45, 2.75) is 25.9 Å². The SMILES string of the molecule is CC(C)OC(=O)C1c2ccccc2Oc2ccccc21. The van der Waals surface area contributed by atoms with E-state index in [4.69, 9.17) is 9.47 Å². The van der Waals surface area contributed by atoms with Crippen molar-refractivity contribution in [2.24, 2.45) is 0 Å². The molecule has 3 heteroatoms. The smallest absolute Gasteiger partial charge is 0.318 e. The van der Waals surface area contributed by atoms with Gasteiger partial charge in [-0.25, -0.2) is 0 Å². The van der Waals surface area contributed by atoms with Crippen LogP contribution in [0.4, 0.5) is 0 Å². The van der Waals surface area contributed by atoms with E-state index in [1.54, 1.807) is 0 Å². The summed E-state index contributed by atoms with van der Waals surface area (Å²) in [5, 5.41) is 0. The molecule has 0 aromatic heterocycles. The van der Waals surface area contributed by atoms with Gasteiger partial charge >= 0.3 is 5.97 Å². The van der Waals surface area contributed by atoms with Crippen LogP contribution >= 0.6 is 0 Å². The molecule has 0 saturated heterocycles. The van der Waals surface area contributed by atoms with E-state index >= 15 is 0 Å². The Morgan fingerprint density at radius 2 is 1.50 bits per heavy atom. The lowest BCUT2D eigenvalue weighted by Gasteiger charge is -2.27. The van der Waals surface area contributed by atoms with Gasteiger partial charge in [-0.3, -0.25) is 4.79 Å². The van der Waals surface area contributed by atoms with Crippen molar-refractivity contribution < 1.29 is 14.3 Å². The fourth-order valence-corrected chi connectivity index (χ4v) is 2.46. The van der Waals surface area contributed by atoms with Crippen LogP contribution in [0.1, 0.15) is 30.9 Å². The maximum Gasteiger partial charge on any atom is 0.318 e. The molecule has 0 bridgehead atoms. The normalized spacial score (nSPS) is 13.3. The minimum atomic E-state index is -0.418. The third-order valence-electron chi connectivity index (χ3n) is 3.27. The predicted octanol–water partition coefficient (Wildman–Crippen LogP) is 3.88. The van der Waals surface area contributed by atoms with Crippen LogP contribution in [-0.2, 0) is 9.53 Å². The highest BCUT2D eigenvalue weighted by Gasteiger charge is 2.33. The minimum Gasteiger partial charge on any atom is -0.462 e. The monoisotopic (exact) mass is 268 g/mol. The zero-order valence-electron chi connectivity index (χ0n) is 11.5. The van der Waals surface area contributed by atoms with E-state index in [0.29, 0.717) is 0 Å². The molecule has 1 heterocycles. The maximum absolute atomic E-state index is 12.5. The van der Waals surface area contributed by atoms with Crippen molar-refractivity contribution in [1.82, 2.24) is 0 Å². The van der Waals surface area contributed by atoms with Crippen LogP contribution < -0.4 is 4.74 Å². The van der Waals surface area contributed by atoms with Gasteiger partial charge in [0.1, 0.15) is 17.4 Å². The van der Waals surface area contributed by atoms with Crippen molar-refractivity contribution in [3.63, 3.8) is 0 Å². The number of hydrogen-bond donors (Lipinski definition) is 0. The number of para-hydroxylation sites is 2. The highest BCUT2D eigenvalue weighted by molar-refractivity contribution is 5.85. The molecule has 0 saturated carbocycles. The van der Waals surface area contributed by atoms with Gasteiger partial charge in [0.15, 0.2) is 0 Å². The Labute approximate surface area is 118 Å². The van der Waals surface area contributed by atoms with Crippen LogP contribution in [0.25, 0.3) is 0 Å². The Morgan fingerprint density at radius 3 is 2.00 bits per heavy atom. The number of carbonyl (C=O) groups is 1. The standard InChI is InChI=1S/C17H16O3/c1-11(2)19-17(18)16-12-7-3-5-9-14(12)20-15-10-6-4-8-13(15)16/h3-11,16H,1-2H3. The van der Waals surface area contributed by atoms with Crippen LogP contribution in [0.5, 0.6) is 11.5 Å². The third-order valence-corrected chi connectivity index (χ3v) is 3.27. The summed E-state index contributed by atoms with van der Waals surface area (Å²) in [6.45, 7) is 3.71. The molecule has 20 heavy (non-hydrogen) atoms. The first kappa shape index (κ1) is 12.7. The van der Waals surface area contributed by atoms with E-state index in [1.165, 1.54) is 0 Å². The molecule has 102 valence electrons. The molecular weight excluding hydrogens is 252 g/mol. The van der Waals surface area contributed by atoms with E-state index in [2.05, 4.69) is 0 Å². The summed E-state index contributed by atoms with van der Waals surface area (Å²) in [5.74, 6) is 0.788. The summed E-state index contributed by atoms with van der Waals surface area (Å²) in [6, 6.07) is 15.2. The predicted molar refractivity (Wildman–Crippen MR) is 76.0 cm³/mol. The zero-order valence-corrected chi connectivity index (χ0v) is 11.5. The Morgan fingerprint density at radius 1 is 1.00 bits per heavy atom. The van der Waals surface area contributed by atoms with E-state index in [-0.39, 0.29) is 12.1 Å². The van der Waals surface area contributed by atoms with Crippen LogP contribution in [0.2, 0.25) is 0 Å². The summed E-state index contributed by atoms with van der Waals surface area (Å²) >= 11 is 0. The van der Waals surface area contributed by atoms with Gasteiger partial charge in [0.25, 0.3) is 0 Å². The van der Waals surface area contributed by atoms with Gasteiger partial charge in [0.05, 0.1) is 6.10 Å². The van der Waals surface area contributed by atoms with Crippen molar-refractivity contribution >= 4 is 5.97 Å². The number of benzene rings is 2. The summed E-state index contributed by atoms with van der Waals surface area (Å²) in [5.41, 5.74) is 1.72. The van der Waals surface area contributed by atoms with Gasteiger partial charge < -0.3 is 9.47 Å². The van der Waals surface area contributed by atoms with E-state index < -0.39 is 5.92 Å². The zero-order chi connectivity index (χ0) is 14.1. The van der Waals surface area contributed by atoms with E-state index in [0.717, 1.165) is 22.6 Å². The Hall–Kier alpha value is -2.29. The van der Waals surface area contributed by atoms with Gasteiger partial charge in [-0.05, 0) is 26.0 Å². The summed E-state index contributed by atoms with van der Waals surface area (Å²) in [6.07, 6.45) is -0.135. The molecule has 0 fully saturated rings. The summed E-state index contributed by atoms with van der Waals surface area (Å²) < 4.78 is 11.3. The van der Waals surface area contributed by atoms with E-state index in [9.17, 15) is 4.79 Å². The molecule has 0 radical (unpaired) electrons. The number of esters is 1. The molecule has 3 rings (SSSR count).